The van der Waals surface area contributed by atoms with Crippen LogP contribution >= 0.6 is 11.6 Å². The Hall–Kier alpha value is 0.250. The molecule has 0 aliphatic carbocycles. The van der Waals surface area contributed by atoms with Gasteiger partial charge in [0.05, 0.1) is 6.61 Å². The van der Waals surface area contributed by atoms with Gasteiger partial charge in [-0.25, -0.2) is 0 Å². The van der Waals surface area contributed by atoms with Crippen molar-refractivity contribution in [2.75, 3.05) is 19.1 Å². The third-order valence-corrected chi connectivity index (χ3v) is 3.74. The highest BCUT2D eigenvalue weighted by molar-refractivity contribution is 6.18. The van der Waals surface area contributed by atoms with Crippen LogP contribution in [0.1, 0.15) is 46.0 Å². The summed E-state index contributed by atoms with van der Waals surface area (Å²) in [6.45, 7) is 6.38. The maximum absolute atomic E-state index is 6.07. The molecule has 14 heavy (non-hydrogen) atoms. The SMILES string of the molecule is CC(C)CCCC1(CCl)CCCOC1. The Kier molecular flexibility index (Phi) is 5.25. The van der Waals surface area contributed by atoms with Crippen molar-refractivity contribution >= 4 is 11.6 Å². The Morgan fingerprint density at radius 3 is 2.71 bits per heavy atom. The zero-order valence-corrected chi connectivity index (χ0v) is 10.3. The normalized spacial score (nSPS) is 28.3. The molecule has 1 saturated heterocycles. The van der Waals surface area contributed by atoms with Crippen LogP contribution in [0.5, 0.6) is 0 Å². The highest BCUT2D eigenvalue weighted by atomic mass is 35.5. The van der Waals surface area contributed by atoms with Gasteiger partial charge in [0.25, 0.3) is 0 Å². The van der Waals surface area contributed by atoms with Gasteiger partial charge in [0, 0.05) is 17.9 Å². The standard InChI is InChI=1S/C12H23ClO/c1-11(2)5-3-6-12(9-13)7-4-8-14-10-12/h11H,3-10H2,1-2H3. The first-order valence-corrected chi connectivity index (χ1v) is 6.36. The third kappa shape index (κ3) is 3.78. The van der Waals surface area contributed by atoms with Gasteiger partial charge in [0.15, 0.2) is 0 Å². The minimum Gasteiger partial charge on any atom is -0.381 e. The summed E-state index contributed by atoms with van der Waals surface area (Å²) < 4.78 is 5.55. The van der Waals surface area contributed by atoms with Crippen molar-refractivity contribution in [1.82, 2.24) is 0 Å². The average molecular weight is 219 g/mol. The predicted octanol–water partition coefficient (Wildman–Crippen LogP) is 3.85. The average Bonchev–Trinajstić information content (AvgIpc) is 2.19. The molecule has 0 amide bonds. The van der Waals surface area contributed by atoms with Crippen molar-refractivity contribution in [2.24, 2.45) is 11.3 Å². The van der Waals surface area contributed by atoms with E-state index in [0.717, 1.165) is 25.0 Å². The number of halogens is 1. The molecule has 0 aromatic carbocycles. The van der Waals surface area contributed by atoms with E-state index in [9.17, 15) is 0 Å². The molecule has 0 spiro atoms. The van der Waals surface area contributed by atoms with Gasteiger partial charge in [-0.1, -0.05) is 26.7 Å². The number of alkyl halides is 1. The zero-order valence-electron chi connectivity index (χ0n) is 9.52. The summed E-state index contributed by atoms with van der Waals surface area (Å²) in [5.41, 5.74) is 0.300. The van der Waals surface area contributed by atoms with Gasteiger partial charge in [-0.2, -0.15) is 0 Å². The summed E-state index contributed by atoms with van der Waals surface area (Å²) in [6, 6.07) is 0. The number of hydrogen-bond acceptors (Lipinski definition) is 1. The summed E-state index contributed by atoms with van der Waals surface area (Å²) in [7, 11) is 0. The van der Waals surface area contributed by atoms with Crippen LogP contribution in [0, 0.1) is 11.3 Å². The molecule has 1 aliphatic heterocycles. The third-order valence-electron chi connectivity index (χ3n) is 3.18. The summed E-state index contributed by atoms with van der Waals surface area (Å²) in [5.74, 6) is 1.58. The Morgan fingerprint density at radius 1 is 1.43 bits per heavy atom. The smallest absolute Gasteiger partial charge is 0.0533 e. The quantitative estimate of drug-likeness (QED) is 0.637. The van der Waals surface area contributed by atoms with Gasteiger partial charge in [0.2, 0.25) is 0 Å². The van der Waals surface area contributed by atoms with E-state index in [1.807, 2.05) is 0 Å². The molecule has 1 fully saturated rings. The lowest BCUT2D eigenvalue weighted by Crippen LogP contribution is -2.33. The van der Waals surface area contributed by atoms with Crippen LogP contribution < -0.4 is 0 Å². The molecule has 0 radical (unpaired) electrons. The molecule has 1 nitrogen and oxygen atoms in total. The second-order valence-electron chi connectivity index (χ2n) is 5.08. The van der Waals surface area contributed by atoms with Crippen LogP contribution in [0.2, 0.25) is 0 Å². The van der Waals surface area contributed by atoms with E-state index < -0.39 is 0 Å². The minimum atomic E-state index is 0.300. The van der Waals surface area contributed by atoms with Crippen LogP contribution in [0.3, 0.4) is 0 Å². The molecule has 1 heterocycles. The molecular formula is C12H23ClO. The molecule has 0 saturated carbocycles. The van der Waals surface area contributed by atoms with Gasteiger partial charge in [0.1, 0.15) is 0 Å². The van der Waals surface area contributed by atoms with Crippen LogP contribution in [0.4, 0.5) is 0 Å². The summed E-state index contributed by atoms with van der Waals surface area (Å²) in [4.78, 5) is 0. The van der Waals surface area contributed by atoms with Crippen LogP contribution in [-0.4, -0.2) is 19.1 Å². The van der Waals surface area contributed by atoms with Crippen molar-refractivity contribution in [1.29, 1.82) is 0 Å². The number of ether oxygens (including phenoxy) is 1. The van der Waals surface area contributed by atoms with Gasteiger partial charge in [-0.3, -0.25) is 0 Å². The fourth-order valence-electron chi connectivity index (χ4n) is 2.16. The lowest BCUT2D eigenvalue weighted by Gasteiger charge is -2.35. The number of hydrogen-bond donors (Lipinski definition) is 0. The fourth-order valence-corrected chi connectivity index (χ4v) is 2.51. The van der Waals surface area contributed by atoms with E-state index in [0.29, 0.717) is 5.41 Å². The first kappa shape index (κ1) is 12.3. The zero-order chi connectivity index (χ0) is 10.4. The lowest BCUT2D eigenvalue weighted by atomic mass is 9.79. The summed E-state index contributed by atoms with van der Waals surface area (Å²) in [5, 5.41) is 0. The maximum atomic E-state index is 6.07. The largest absolute Gasteiger partial charge is 0.381 e. The first-order chi connectivity index (χ1) is 6.68. The molecule has 0 aromatic rings. The maximum Gasteiger partial charge on any atom is 0.0533 e. The van der Waals surface area contributed by atoms with Gasteiger partial charge in [-0.15, -0.1) is 11.6 Å². The lowest BCUT2D eigenvalue weighted by molar-refractivity contribution is -0.00150. The van der Waals surface area contributed by atoms with Crippen LogP contribution in [0.25, 0.3) is 0 Å². The Labute approximate surface area is 93.2 Å². The molecule has 0 bridgehead atoms. The number of rotatable bonds is 5. The highest BCUT2D eigenvalue weighted by Crippen LogP contribution is 2.35. The predicted molar refractivity (Wildman–Crippen MR) is 61.9 cm³/mol. The second kappa shape index (κ2) is 5.97. The first-order valence-electron chi connectivity index (χ1n) is 5.82. The van der Waals surface area contributed by atoms with Crippen molar-refractivity contribution in [3.63, 3.8) is 0 Å². The van der Waals surface area contributed by atoms with Gasteiger partial charge < -0.3 is 4.74 Å². The van der Waals surface area contributed by atoms with E-state index in [-0.39, 0.29) is 0 Å². The van der Waals surface area contributed by atoms with Crippen molar-refractivity contribution in [3.05, 3.63) is 0 Å². The molecule has 1 atom stereocenters. The monoisotopic (exact) mass is 218 g/mol. The van der Waals surface area contributed by atoms with Gasteiger partial charge in [-0.05, 0) is 25.2 Å². The molecule has 2 heteroatoms. The minimum absolute atomic E-state index is 0.300. The van der Waals surface area contributed by atoms with E-state index in [1.165, 1.54) is 32.1 Å². The van der Waals surface area contributed by atoms with E-state index in [4.69, 9.17) is 16.3 Å². The molecule has 1 unspecified atom stereocenters. The van der Waals surface area contributed by atoms with E-state index in [2.05, 4.69) is 13.8 Å². The molecule has 1 aliphatic rings. The van der Waals surface area contributed by atoms with E-state index >= 15 is 0 Å². The fraction of sp³-hybridized carbons (Fsp3) is 1.00. The second-order valence-corrected chi connectivity index (χ2v) is 5.34. The molecule has 1 rings (SSSR count). The summed E-state index contributed by atoms with van der Waals surface area (Å²) >= 11 is 6.07. The van der Waals surface area contributed by atoms with E-state index in [1.54, 1.807) is 0 Å². The van der Waals surface area contributed by atoms with Crippen molar-refractivity contribution in [3.8, 4) is 0 Å². The van der Waals surface area contributed by atoms with Crippen molar-refractivity contribution in [2.45, 2.75) is 46.0 Å². The molecular weight excluding hydrogens is 196 g/mol. The molecule has 84 valence electrons. The van der Waals surface area contributed by atoms with Crippen LogP contribution in [0.15, 0.2) is 0 Å². The van der Waals surface area contributed by atoms with Gasteiger partial charge >= 0.3 is 0 Å². The Bertz CT molecular complexity index is 150. The highest BCUT2D eigenvalue weighted by Gasteiger charge is 2.31. The molecule has 0 aromatic heterocycles. The Balaban J connectivity index is 2.29. The van der Waals surface area contributed by atoms with Crippen LogP contribution in [-0.2, 0) is 4.74 Å². The van der Waals surface area contributed by atoms with Crippen molar-refractivity contribution < 1.29 is 4.74 Å². The summed E-state index contributed by atoms with van der Waals surface area (Å²) in [6.07, 6.45) is 6.31. The topological polar surface area (TPSA) is 9.23 Å². The molecule has 0 N–H and O–H groups in total. The Morgan fingerprint density at radius 2 is 2.21 bits per heavy atom.